The van der Waals surface area contributed by atoms with Crippen LogP contribution in [0, 0.1) is 5.92 Å². The molecule has 0 aromatic heterocycles. The van der Waals surface area contributed by atoms with Gasteiger partial charge in [0.1, 0.15) is 0 Å². The van der Waals surface area contributed by atoms with E-state index in [-0.39, 0.29) is 5.92 Å². The van der Waals surface area contributed by atoms with Crippen LogP contribution >= 0.6 is 0 Å². The second-order valence-corrected chi connectivity index (χ2v) is 3.83. The fourth-order valence-electron chi connectivity index (χ4n) is 1.27. The molecule has 1 aromatic rings. The number of rotatable bonds is 4. The normalized spacial score (nSPS) is 15.2. The standard InChI is InChI=1S/C12H18N2O/c1-10(9-13-14(2)3)12(15)11-7-5-4-6-8-11/h4-10,12,15H,1-3H3/b13-9+/t10-,12+/m1/s1. The molecule has 1 aromatic carbocycles. The first-order valence-corrected chi connectivity index (χ1v) is 5.05. The molecular formula is C12H18N2O. The lowest BCUT2D eigenvalue weighted by Crippen LogP contribution is -2.12. The third-order valence-electron chi connectivity index (χ3n) is 2.17. The molecule has 0 saturated heterocycles. The molecule has 82 valence electrons. The quantitative estimate of drug-likeness (QED) is 0.603. The zero-order valence-electron chi connectivity index (χ0n) is 9.46. The van der Waals surface area contributed by atoms with Crippen LogP contribution in [0.5, 0.6) is 0 Å². The van der Waals surface area contributed by atoms with Gasteiger partial charge in [-0.25, -0.2) is 0 Å². The van der Waals surface area contributed by atoms with Crippen molar-refractivity contribution in [1.82, 2.24) is 5.01 Å². The zero-order chi connectivity index (χ0) is 11.3. The predicted octanol–water partition coefficient (Wildman–Crippen LogP) is 1.90. The first-order chi connectivity index (χ1) is 7.11. The minimum atomic E-state index is -0.491. The van der Waals surface area contributed by atoms with Crippen LogP contribution in [0.2, 0.25) is 0 Å². The fourth-order valence-corrected chi connectivity index (χ4v) is 1.27. The highest BCUT2D eigenvalue weighted by molar-refractivity contribution is 5.61. The molecule has 0 radical (unpaired) electrons. The van der Waals surface area contributed by atoms with Gasteiger partial charge in [0.2, 0.25) is 0 Å². The Morgan fingerprint density at radius 3 is 2.40 bits per heavy atom. The number of benzene rings is 1. The molecular weight excluding hydrogens is 188 g/mol. The molecule has 0 bridgehead atoms. The van der Waals surface area contributed by atoms with Gasteiger partial charge in [0.05, 0.1) is 6.10 Å². The van der Waals surface area contributed by atoms with Crippen LogP contribution in [0.15, 0.2) is 35.4 Å². The Hall–Kier alpha value is -1.35. The molecule has 0 amide bonds. The van der Waals surface area contributed by atoms with Crippen molar-refractivity contribution in [2.45, 2.75) is 13.0 Å². The summed E-state index contributed by atoms with van der Waals surface area (Å²) in [6.45, 7) is 1.95. The van der Waals surface area contributed by atoms with Crippen molar-refractivity contribution < 1.29 is 5.11 Å². The Morgan fingerprint density at radius 1 is 1.27 bits per heavy atom. The van der Waals surface area contributed by atoms with Crippen molar-refractivity contribution in [2.24, 2.45) is 11.0 Å². The van der Waals surface area contributed by atoms with Gasteiger partial charge in [-0.05, 0) is 5.56 Å². The largest absolute Gasteiger partial charge is 0.388 e. The minimum Gasteiger partial charge on any atom is -0.388 e. The number of aliphatic hydroxyl groups excluding tert-OH is 1. The van der Waals surface area contributed by atoms with Gasteiger partial charge in [-0.2, -0.15) is 5.10 Å². The molecule has 3 heteroatoms. The average molecular weight is 206 g/mol. The number of nitrogens with zero attached hydrogens (tertiary/aromatic N) is 2. The first-order valence-electron chi connectivity index (χ1n) is 5.05. The summed E-state index contributed by atoms with van der Waals surface area (Å²) < 4.78 is 0. The number of hydrogen-bond acceptors (Lipinski definition) is 3. The van der Waals surface area contributed by atoms with Gasteiger partial charge in [-0.3, -0.25) is 0 Å². The first kappa shape index (κ1) is 11.7. The third kappa shape index (κ3) is 3.72. The van der Waals surface area contributed by atoms with Crippen LogP contribution in [0.25, 0.3) is 0 Å². The summed E-state index contributed by atoms with van der Waals surface area (Å²) in [5, 5.41) is 15.8. The molecule has 15 heavy (non-hydrogen) atoms. The Bertz CT molecular complexity index is 309. The van der Waals surface area contributed by atoms with Gasteiger partial charge in [0, 0.05) is 26.2 Å². The predicted molar refractivity (Wildman–Crippen MR) is 62.7 cm³/mol. The summed E-state index contributed by atoms with van der Waals surface area (Å²) in [6.07, 6.45) is 1.27. The third-order valence-corrected chi connectivity index (χ3v) is 2.17. The van der Waals surface area contributed by atoms with Crippen molar-refractivity contribution in [3.63, 3.8) is 0 Å². The molecule has 0 aliphatic rings. The van der Waals surface area contributed by atoms with Crippen molar-refractivity contribution in [1.29, 1.82) is 0 Å². The van der Waals surface area contributed by atoms with E-state index in [1.165, 1.54) is 0 Å². The Kier molecular flexibility index (Phi) is 4.31. The van der Waals surface area contributed by atoms with Gasteiger partial charge in [0.25, 0.3) is 0 Å². The summed E-state index contributed by atoms with van der Waals surface area (Å²) in [5.74, 6) is 0.00907. The van der Waals surface area contributed by atoms with Gasteiger partial charge < -0.3 is 10.1 Å². The Balaban J connectivity index is 2.65. The number of hydrogen-bond donors (Lipinski definition) is 1. The van der Waals surface area contributed by atoms with Gasteiger partial charge >= 0.3 is 0 Å². The molecule has 1 N–H and O–H groups in total. The van der Waals surface area contributed by atoms with Gasteiger partial charge in [0.15, 0.2) is 0 Å². The molecule has 0 fully saturated rings. The lowest BCUT2D eigenvalue weighted by atomic mass is 9.99. The second kappa shape index (κ2) is 5.51. The summed E-state index contributed by atoms with van der Waals surface area (Å²) >= 11 is 0. The van der Waals surface area contributed by atoms with Crippen LogP contribution in [0.1, 0.15) is 18.6 Å². The summed E-state index contributed by atoms with van der Waals surface area (Å²) in [7, 11) is 3.72. The maximum Gasteiger partial charge on any atom is 0.0865 e. The molecule has 3 nitrogen and oxygen atoms in total. The van der Waals surface area contributed by atoms with Crippen LogP contribution in [0.4, 0.5) is 0 Å². The molecule has 0 aliphatic carbocycles. The number of hydrazone groups is 1. The molecule has 1 rings (SSSR count). The molecule has 0 saturated carbocycles. The van der Waals surface area contributed by atoms with E-state index in [1.807, 2.05) is 51.4 Å². The van der Waals surface area contributed by atoms with E-state index >= 15 is 0 Å². The zero-order valence-corrected chi connectivity index (χ0v) is 9.46. The minimum absolute atomic E-state index is 0.00907. The molecule has 0 heterocycles. The van der Waals surface area contributed by atoms with E-state index in [0.29, 0.717) is 0 Å². The fraction of sp³-hybridized carbons (Fsp3) is 0.417. The van der Waals surface area contributed by atoms with E-state index in [2.05, 4.69) is 5.10 Å². The molecule has 2 atom stereocenters. The Morgan fingerprint density at radius 2 is 1.87 bits per heavy atom. The smallest absolute Gasteiger partial charge is 0.0865 e. The van der Waals surface area contributed by atoms with E-state index in [1.54, 1.807) is 11.2 Å². The average Bonchev–Trinajstić information content (AvgIpc) is 2.26. The van der Waals surface area contributed by atoms with E-state index in [9.17, 15) is 5.11 Å². The van der Waals surface area contributed by atoms with E-state index in [0.717, 1.165) is 5.56 Å². The van der Waals surface area contributed by atoms with Gasteiger partial charge in [-0.1, -0.05) is 37.3 Å². The van der Waals surface area contributed by atoms with Crippen molar-refractivity contribution in [3.8, 4) is 0 Å². The van der Waals surface area contributed by atoms with Crippen LogP contribution in [-0.4, -0.2) is 30.4 Å². The van der Waals surface area contributed by atoms with Crippen molar-refractivity contribution in [2.75, 3.05) is 14.1 Å². The summed E-state index contributed by atoms with van der Waals surface area (Å²) in [6, 6.07) is 9.63. The molecule has 0 unspecified atom stereocenters. The van der Waals surface area contributed by atoms with E-state index < -0.39 is 6.10 Å². The molecule has 0 aliphatic heterocycles. The van der Waals surface area contributed by atoms with Crippen molar-refractivity contribution in [3.05, 3.63) is 35.9 Å². The van der Waals surface area contributed by atoms with Crippen LogP contribution in [0.3, 0.4) is 0 Å². The Labute approximate surface area is 91.0 Å². The van der Waals surface area contributed by atoms with Gasteiger partial charge in [-0.15, -0.1) is 0 Å². The second-order valence-electron chi connectivity index (χ2n) is 3.83. The topological polar surface area (TPSA) is 35.8 Å². The highest BCUT2D eigenvalue weighted by Gasteiger charge is 2.13. The van der Waals surface area contributed by atoms with Crippen LogP contribution in [-0.2, 0) is 0 Å². The lowest BCUT2D eigenvalue weighted by Gasteiger charge is -2.15. The highest BCUT2D eigenvalue weighted by atomic mass is 16.3. The SMILES string of the molecule is C[C@H](/C=N/N(C)C)[C@H](O)c1ccccc1. The number of aliphatic hydroxyl groups is 1. The lowest BCUT2D eigenvalue weighted by molar-refractivity contribution is 0.148. The van der Waals surface area contributed by atoms with Crippen LogP contribution < -0.4 is 0 Å². The van der Waals surface area contributed by atoms with E-state index in [4.69, 9.17) is 0 Å². The maximum absolute atomic E-state index is 9.99. The van der Waals surface area contributed by atoms with Crippen molar-refractivity contribution >= 4 is 6.21 Å². The molecule has 0 spiro atoms. The highest BCUT2D eigenvalue weighted by Crippen LogP contribution is 2.19. The summed E-state index contributed by atoms with van der Waals surface area (Å²) in [4.78, 5) is 0. The maximum atomic E-state index is 9.99. The summed E-state index contributed by atoms with van der Waals surface area (Å²) in [5.41, 5.74) is 0.926. The monoisotopic (exact) mass is 206 g/mol.